The number of hydrogen-bond donors (Lipinski definition) is 1. The third kappa shape index (κ3) is 4.73. The van der Waals surface area contributed by atoms with Gasteiger partial charge >= 0.3 is 0 Å². The molecule has 1 aromatic carbocycles. The van der Waals surface area contributed by atoms with Crippen LogP contribution in [0.3, 0.4) is 0 Å². The summed E-state index contributed by atoms with van der Waals surface area (Å²) >= 11 is 6.79. The van der Waals surface area contributed by atoms with E-state index in [0.717, 1.165) is 21.8 Å². The van der Waals surface area contributed by atoms with Crippen molar-refractivity contribution < 1.29 is 4.79 Å². The van der Waals surface area contributed by atoms with Gasteiger partial charge in [0.15, 0.2) is 0 Å². The Morgan fingerprint density at radius 2 is 2.00 bits per heavy atom. The first-order valence-corrected chi connectivity index (χ1v) is 7.78. The molecule has 0 aliphatic carbocycles. The van der Waals surface area contributed by atoms with Gasteiger partial charge in [-0.25, -0.2) is 0 Å². The van der Waals surface area contributed by atoms with E-state index in [9.17, 15) is 4.79 Å². The summed E-state index contributed by atoms with van der Waals surface area (Å²) < 4.78 is 1.73. The minimum atomic E-state index is -0.0287. The van der Waals surface area contributed by atoms with Crippen LogP contribution in [0.5, 0.6) is 0 Å². The summed E-state index contributed by atoms with van der Waals surface area (Å²) in [5, 5.41) is 3.04. The SMILES string of the molecule is CCC(C)CC(C)NC(=O)c1cc(Br)ccc1Br. The van der Waals surface area contributed by atoms with Gasteiger partial charge in [-0.15, -0.1) is 0 Å². The average Bonchev–Trinajstić information content (AvgIpc) is 2.31. The van der Waals surface area contributed by atoms with Crippen molar-refractivity contribution >= 4 is 37.8 Å². The summed E-state index contributed by atoms with van der Waals surface area (Å²) in [6, 6.07) is 5.80. The van der Waals surface area contributed by atoms with E-state index in [4.69, 9.17) is 0 Å². The molecule has 0 spiro atoms. The van der Waals surface area contributed by atoms with Gasteiger partial charge in [0.05, 0.1) is 5.56 Å². The molecule has 2 atom stereocenters. The summed E-state index contributed by atoms with van der Waals surface area (Å²) in [5.41, 5.74) is 0.667. The number of carbonyl (C=O) groups excluding carboxylic acids is 1. The molecule has 1 amide bonds. The van der Waals surface area contributed by atoms with Crippen molar-refractivity contribution in [3.63, 3.8) is 0 Å². The summed E-state index contributed by atoms with van der Waals surface area (Å²) in [4.78, 5) is 12.1. The van der Waals surface area contributed by atoms with E-state index < -0.39 is 0 Å². The van der Waals surface area contributed by atoms with Crippen LogP contribution in [0.15, 0.2) is 27.1 Å². The number of rotatable bonds is 5. The molecule has 0 heterocycles. The highest BCUT2D eigenvalue weighted by Gasteiger charge is 2.14. The third-order valence-corrected chi connectivity index (χ3v) is 4.19. The number of benzene rings is 1. The number of hydrogen-bond acceptors (Lipinski definition) is 1. The molecule has 2 nitrogen and oxygen atoms in total. The lowest BCUT2D eigenvalue weighted by Crippen LogP contribution is -2.33. The number of halogens is 2. The Hall–Kier alpha value is -0.350. The van der Waals surface area contributed by atoms with Gasteiger partial charge in [0.25, 0.3) is 5.91 Å². The molecule has 0 aromatic heterocycles. The molecule has 1 N–H and O–H groups in total. The molecule has 100 valence electrons. The third-order valence-electron chi connectivity index (χ3n) is 3.00. The molecule has 18 heavy (non-hydrogen) atoms. The molecule has 0 aliphatic rings. The van der Waals surface area contributed by atoms with E-state index in [-0.39, 0.29) is 11.9 Å². The highest BCUT2D eigenvalue weighted by molar-refractivity contribution is 9.11. The van der Waals surface area contributed by atoms with Crippen LogP contribution >= 0.6 is 31.9 Å². The summed E-state index contributed by atoms with van der Waals surface area (Å²) in [5.74, 6) is 0.602. The number of nitrogens with one attached hydrogen (secondary N) is 1. The van der Waals surface area contributed by atoms with Crippen LogP contribution in [0, 0.1) is 5.92 Å². The monoisotopic (exact) mass is 375 g/mol. The Labute approximate surface area is 126 Å². The molecule has 0 aliphatic heterocycles. The molecular formula is C14H19Br2NO. The Kier molecular flexibility index (Phi) is 6.36. The van der Waals surface area contributed by atoms with Crippen molar-refractivity contribution in [3.8, 4) is 0 Å². The highest BCUT2D eigenvalue weighted by atomic mass is 79.9. The lowest BCUT2D eigenvalue weighted by molar-refractivity contribution is 0.0934. The highest BCUT2D eigenvalue weighted by Crippen LogP contribution is 2.21. The molecule has 2 unspecified atom stereocenters. The molecule has 0 saturated heterocycles. The minimum Gasteiger partial charge on any atom is -0.350 e. The normalized spacial score (nSPS) is 14.1. The largest absolute Gasteiger partial charge is 0.350 e. The van der Waals surface area contributed by atoms with Gasteiger partial charge < -0.3 is 5.32 Å². The second-order valence-electron chi connectivity index (χ2n) is 4.75. The van der Waals surface area contributed by atoms with E-state index in [1.165, 1.54) is 0 Å². The first-order chi connectivity index (χ1) is 8.43. The Morgan fingerprint density at radius 1 is 1.33 bits per heavy atom. The van der Waals surface area contributed by atoms with Crippen molar-refractivity contribution in [1.29, 1.82) is 0 Å². The van der Waals surface area contributed by atoms with Crippen LogP contribution in [0.25, 0.3) is 0 Å². The smallest absolute Gasteiger partial charge is 0.252 e. The zero-order valence-electron chi connectivity index (χ0n) is 11.0. The number of amides is 1. The van der Waals surface area contributed by atoms with Crippen molar-refractivity contribution in [2.24, 2.45) is 5.92 Å². The molecule has 0 bridgehead atoms. The van der Waals surface area contributed by atoms with Crippen molar-refractivity contribution in [2.45, 2.75) is 39.7 Å². The molecule has 1 aromatic rings. The molecule has 0 saturated carbocycles. The molecule has 1 rings (SSSR count). The van der Waals surface area contributed by atoms with Gasteiger partial charge in [-0.1, -0.05) is 36.2 Å². The van der Waals surface area contributed by atoms with Crippen molar-refractivity contribution in [3.05, 3.63) is 32.7 Å². The van der Waals surface area contributed by atoms with Crippen LogP contribution in [0.1, 0.15) is 44.0 Å². The van der Waals surface area contributed by atoms with Crippen LogP contribution in [-0.2, 0) is 0 Å². The quantitative estimate of drug-likeness (QED) is 0.788. The standard InChI is InChI=1S/C14H19Br2NO/c1-4-9(2)7-10(3)17-14(18)12-8-11(15)5-6-13(12)16/h5-6,8-10H,4,7H2,1-3H3,(H,17,18). The summed E-state index contributed by atoms with van der Waals surface area (Å²) in [6.07, 6.45) is 2.15. The minimum absolute atomic E-state index is 0.0287. The number of carbonyl (C=O) groups is 1. The molecule has 0 fully saturated rings. The van der Waals surface area contributed by atoms with Gasteiger partial charge in [0.2, 0.25) is 0 Å². The second kappa shape index (κ2) is 7.29. The Morgan fingerprint density at radius 3 is 2.61 bits per heavy atom. The van der Waals surface area contributed by atoms with Gasteiger partial charge in [-0.3, -0.25) is 4.79 Å². The van der Waals surface area contributed by atoms with E-state index >= 15 is 0 Å². The van der Waals surface area contributed by atoms with Crippen LogP contribution in [0.4, 0.5) is 0 Å². The zero-order valence-corrected chi connectivity index (χ0v) is 14.1. The first-order valence-electron chi connectivity index (χ1n) is 6.20. The maximum absolute atomic E-state index is 12.1. The summed E-state index contributed by atoms with van der Waals surface area (Å²) in [7, 11) is 0. The molecular weight excluding hydrogens is 358 g/mol. The predicted octanol–water partition coefficient (Wildman–Crippen LogP) is 4.77. The van der Waals surface area contributed by atoms with Gasteiger partial charge in [0, 0.05) is 15.0 Å². The van der Waals surface area contributed by atoms with E-state index in [0.29, 0.717) is 11.5 Å². The fourth-order valence-electron chi connectivity index (χ4n) is 1.80. The fourth-order valence-corrected chi connectivity index (χ4v) is 2.59. The maximum Gasteiger partial charge on any atom is 0.252 e. The van der Waals surface area contributed by atoms with Crippen molar-refractivity contribution in [2.75, 3.05) is 0 Å². The van der Waals surface area contributed by atoms with Gasteiger partial charge in [-0.05, 0) is 53.4 Å². The van der Waals surface area contributed by atoms with Gasteiger partial charge in [0.1, 0.15) is 0 Å². The molecule has 0 radical (unpaired) electrons. The molecule has 4 heteroatoms. The Bertz CT molecular complexity index is 420. The lowest BCUT2D eigenvalue weighted by atomic mass is 10.0. The average molecular weight is 377 g/mol. The zero-order chi connectivity index (χ0) is 13.7. The van der Waals surface area contributed by atoms with Crippen LogP contribution < -0.4 is 5.32 Å². The Balaban J connectivity index is 2.67. The van der Waals surface area contributed by atoms with Crippen molar-refractivity contribution in [1.82, 2.24) is 5.32 Å². The predicted molar refractivity (Wildman–Crippen MR) is 82.8 cm³/mol. The topological polar surface area (TPSA) is 29.1 Å². The maximum atomic E-state index is 12.1. The summed E-state index contributed by atoms with van der Waals surface area (Å²) in [6.45, 7) is 6.43. The second-order valence-corrected chi connectivity index (χ2v) is 6.52. The fraction of sp³-hybridized carbons (Fsp3) is 0.500. The van der Waals surface area contributed by atoms with E-state index in [1.54, 1.807) is 0 Å². The first kappa shape index (κ1) is 15.7. The van der Waals surface area contributed by atoms with Crippen LogP contribution in [0.2, 0.25) is 0 Å². The van der Waals surface area contributed by atoms with E-state index in [2.05, 4.69) is 57.9 Å². The van der Waals surface area contributed by atoms with Crippen LogP contribution in [-0.4, -0.2) is 11.9 Å². The lowest BCUT2D eigenvalue weighted by Gasteiger charge is -2.18. The van der Waals surface area contributed by atoms with Gasteiger partial charge in [-0.2, -0.15) is 0 Å². The van der Waals surface area contributed by atoms with E-state index in [1.807, 2.05) is 18.2 Å².